The Morgan fingerprint density at radius 3 is 1.58 bits per heavy atom. The second kappa shape index (κ2) is 7.80. The lowest BCUT2D eigenvalue weighted by Gasteiger charge is -2.14. The molecule has 0 spiro atoms. The normalized spacial score (nSPS) is 12.6. The molecule has 4 aromatic carbocycles. The quantitative estimate of drug-likeness (QED) is 0.377. The number of nitrogens with zero attached hydrogens (tertiary/aromatic N) is 1. The number of anilines is 1. The van der Waals surface area contributed by atoms with Gasteiger partial charge in [0.1, 0.15) is 23.0 Å². The maximum Gasteiger partial charge on any atom is 0.266 e. The minimum absolute atomic E-state index is 0.322. The van der Waals surface area contributed by atoms with Gasteiger partial charge in [0, 0.05) is 0 Å². The van der Waals surface area contributed by atoms with Crippen molar-refractivity contribution in [2.75, 3.05) is 4.90 Å². The zero-order valence-corrected chi connectivity index (χ0v) is 16.4. The Bertz CT molecular complexity index is 1250. The third-order valence-corrected chi connectivity index (χ3v) is 4.91. The smallest absolute Gasteiger partial charge is 0.266 e. The molecule has 0 atom stereocenters. The molecule has 31 heavy (non-hydrogen) atoms. The van der Waals surface area contributed by atoms with Crippen LogP contribution in [0.4, 0.5) is 5.69 Å². The number of carbonyl (C=O) groups is 2. The van der Waals surface area contributed by atoms with E-state index in [0.29, 0.717) is 39.8 Å². The van der Waals surface area contributed by atoms with E-state index in [0.717, 1.165) is 0 Å². The van der Waals surface area contributed by atoms with Crippen molar-refractivity contribution in [1.82, 2.24) is 0 Å². The molecule has 0 saturated carbocycles. The summed E-state index contributed by atoms with van der Waals surface area (Å²) >= 11 is 0. The summed E-state index contributed by atoms with van der Waals surface area (Å²) in [5.41, 5.74) is 1.16. The van der Waals surface area contributed by atoms with Crippen LogP contribution in [0.25, 0.3) is 0 Å². The van der Waals surface area contributed by atoms with Crippen molar-refractivity contribution in [3.05, 3.63) is 114 Å². The van der Waals surface area contributed by atoms with E-state index in [1.165, 1.54) is 4.90 Å². The molecule has 1 heterocycles. The van der Waals surface area contributed by atoms with E-state index >= 15 is 0 Å². The van der Waals surface area contributed by atoms with Crippen LogP contribution in [0.15, 0.2) is 103 Å². The van der Waals surface area contributed by atoms with Crippen LogP contribution >= 0.6 is 0 Å². The highest BCUT2D eigenvalue weighted by Crippen LogP contribution is 2.33. The van der Waals surface area contributed by atoms with Crippen LogP contribution in [-0.2, 0) is 0 Å². The average Bonchev–Trinajstić information content (AvgIpc) is 3.05. The van der Waals surface area contributed by atoms with Crippen molar-refractivity contribution in [1.29, 1.82) is 0 Å². The van der Waals surface area contributed by atoms with Gasteiger partial charge in [-0.15, -0.1) is 0 Å². The predicted octanol–water partition coefficient (Wildman–Crippen LogP) is 6.07. The number of rotatable bonds is 5. The lowest BCUT2D eigenvalue weighted by atomic mass is 10.1. The van der Waals surface area contributed by atoms with E-state index in [-0.39, 0.29) is 11.8 Å². The highest BCUT2D eigenvalue weighted by atomic mass is 16.5. The molecule has 0 N–H and O–H groups in total. The fraction of sp³-hybridized carbons (Fsp3) is 0. The molecule has 0 aliphatic carbocycles. The Morgan fingerprint density at radius 1 is 0.484 bits per heavy atom. The summed E-state index contributed by atoms with van der Waals surface area (Å²) in [4.78, 5) is 27.1. The second-order valence-electron chi connectivity index (χ2n) is 6.98. The summed E-state index contributed by atoms with van der Waals surface area (Å²) in [6.07, 6.45) is 0. The van der Waals surface area contributed by atoms with Gasteiger partial charge in [0.2, 0.25) is 0 Å². The highest BCUT2D eigenvalue weighted by molar-refractivity contribution is 6.34. The van der Waals surface area contributed by atoms with E-state index in [1.54, 1.807) is 42.5 Å². The summed E-state index contributed by atoms with van der Waals surface area (Å²) in [5.74, 6) is 1.75. The number of hydrogen-bond donors (Lipinski definition) is 0. The molecule has 5 rings (SSSR count). The van der Waals surface area contributed by atoms with Crippen LogP contribution in [-0.4, -0.2) is 11.8 Å². The molecule has 2 amide bonds. The average molecular weight is 407 g/mol. The summed E-state index contributed by atoms with van der Waals surface area (Å²) < 4.78 is 11.6. The monoisotopic (exact) mass is 407 g/mol. The zero-order chi connectivity index (χ0) is 21.2. The van der Waals surface area contributed by atoms with Gasteiger partial charge in [-0.2, -0.15) is 0 Å². The molecule has 4 aromatic rings. The van der Waals surface area contributed by atoms with E-state index in [2.05, 4.69) is 0 Å². The van der Waals surface area contributed by atoms with Crippen LogP contribution in [0.2, 0.25) is 0 Å². The number of imide groups is 1. The third-order valence-electron chi connectivity index (χ3n) is 4.91. The highest BCUT2D eigenvalue weighted by Gasteiger charge is 2.37. The van der Waals surface area contributed by atoms with Crippen molar-refractivity contribution < 1.29 is 19.1 Å². The predicted molar refractivity (Wildman–Crippen MR) is 117 cm³/mol. The van der Waals surface area contributed by atoms with Crippen LogP contribution in [0.1, 0.15) is 20.7 Å². The van der Waals surface area contributed by atoms with Gasteiger partial charge in [-0.3, -0.25) is 9.59 Å². The SMILES string of the molecule is O=C1c2ccc(Oc3ccccc3)cc2C(=O)N1c1ccc(Oc2ccccc2)cc1. The maximum atomic E-state index is 13.0. The molecule has 0 bridgehead atoms. The van der Waals surface area contributed by atoms with Gasteiger partial charge in [0.05, 0.1) is 16.8 Å². The molecule has 0 saturated heterocycles. The molecule has 1 aliphatic rings. The van der Waals surface area contributed by atoms with Gasteiger partial charge in [-0.25, -0.2) is 4.90 Å². The van der Waals surface area contributed by atoms with E-state index in [9.17, 15) is 9.59 Å². The topological polar surface area (TPSA) is 55.8 Å². The van der Waals surface area contributed by atoms with Gasteiger partial charge in [-0.05, 0) is 66.7 Å². The molecule has 5 heteroatoms. The Balaban J connectivity index is 1.37. The van der Waals surface area contributed by atoms with Gasteiger partial charge in [-0.1, -0.05) is 36.4 Å². The summed E-state index contributed by atoms with van der Waals surface area (Å²) in [5, 5.41) is 0. The minimum atomic E-state index is -0.379. The van der Waals surface area contributed by atoms with Crippen molar-refractivity contribution in [3.63, 3.8) is 0 Å². The Hall–Kier alpha value is -4.38. The number of para-hydroxylation sites is 2. The standard InChI is InChI=1S/C26H17NO4/c28-25-23-16-15-22(31-20-9-5-2-6-10-20)17-24(23)26(29)27(25)18-11-13-21(14-12-18)30-19-7-3-1-4-8-19/h1-17H. The summed E-state index contributed by atoms with van der Waals surface area (Å²) in [6.45, 7) is 0. The fourth-order valence-electron chi connectivity index (χ4n) is 3.43. The first-order chi connectivity index (χ1) is 15.2. The molecular formula is C26H17NO4. The molecule has 1 aliphatic heterocycles. The maximum absolute atomic E-state index is 13.0. The van der Waals surface area contributed by atoms with Crippen molar-refractivity contribution in [2.24, 2.45) is 0 Å². The molecule has 0 radical (unpaired) electrons. The second-order valence-corrected chi connectivity index (χ2v) is 6.98. The van der Waals surface area contributed by atoms with Crippen molar-refractivity contribution in [2.45, 2.75) is 0 Å². The van der Waals surface area contributed by atoms with Crippen LogP contribution < -0.4 is 14.4 Å². The van der Waals surface area contributed by atoms with Crippen LogP contribution in [0.3, 0.4) is 0 Å². The first-order valence-electron chi connectivity index (χ1n) is 9.78. The summed E-state index contributed by atoms with van der Waals surface area (Å²) in [7, 11) is 0. The Labute approximate surface area is 179 Å². The minimum Gasteiger partial charge on any atom is -0.457 e. The number of fused-ring (bicyclic) bond motifs is 1. The fourth-order valence-corrected chi connectivity index (χ4v) is 3.43. The largest absolute Gasteiger partial charge is 0.457 e. The van der Waals surface area contributed by atoms with E-state index < -0.39 is 0 Å². The number of amides is 2. The summed E-state index contributed by atoms with van der Waals surface area (Å²) in [6, 6.07) is 30.4. The lowest BCUT2D eigenvalue weighted by molar-refractivity contribution is 0.0926. The molecule has 150 valence electrons. The molecule has 0 unspecified atom stereocenters. The Morgan fingerprint density at radius 2 is 0.968 bits per heavy atom. The van der Waals surface area contributed by atoms with Gasteiger partial charge in [0.15, 0.2) is 0 Å². The molecule has 0 aromatic heterocycles. The number of ether oxygens (including phenoxy) is 2. The van der Waals surface area contributed by atoms with Crippen LogP contribution in [0.5, 0.6) is 23.0 Å². The van der Waals surface area contributed by atoms with E-state index in [4.69, 9.17) is 9.47 Å². The number of benzene rings is 4. The first kappa shape index (κ1) is 18.6. The molecular weight excluding hydrogens is 390 g/mol. The van der Waals surface area contributed by atoms with E-state index in [1.807, 2.05) is 60.7 Å². The molecule has 5 nitrogen and oxygen atoms in total. The lowest BCUT2D eigenvalue weighted by Crippen LogP contribution is -2.29. The van der Waals surface area contributed by atoms with Crippen LogP contribution in [0, 0.1) is 0 Å². The third kappa shape index (κ3) is 3.65. The molecule has 0 fully saturated rings. The van der Waals surface area contributed by atoms with Gasteiger partial charge < -0.3 is 9.47 Å². The van der Waals surface area contributed by atoms with Gasteiger partial charge >= 0.3 is 0 Å². The zero-order valence-electron chi connectivity index (χ0n) is 16.4. The van der Waals surface area contributed by atoms with Crippen molar-refractivity contribution >= 4 is 17.5 Å². The number of carbonyl (C=O) groups excluding carboxylic acids is 2. The van der Waals surface area contributed by atoms with Gasteiger partial charge in [0.25, 0.3) is 11.8 Å². The number of hydrogen-bond acceptors (Lipinski definition) is 4. The first-order valence-corrected chi connectivity index (χ1v) is 9.78. The Kier molecular flexibility index (Phi) is 4.69. The van der Waals surface area contributed by atoms with Crippen molar-refractivity contribution in [3.8, 4) is 23.0 Å².